The number of pyridine rings is 1. The first-order valence-electron chi connectivity index (χ1n) is 8.38. The highest BCUT2D eigenvalue weighted by atomic mass is 32.1. The molecule has 0 aliphatic carbocycles. The van der Waals surface area contributed by atoms with Gasteiger partial charge in [0.1, 0.15) is 22.8 Å². The van der Waals surface area contributed by atoms with Crippen molar-refractivity contribution in [1.82, 2.24) is 15.0 Å². The van der Waals surface area contributed by atoms with Gasteiger partial charge in [0, 0.05) is 22.5 Å². The molecule has 27 heavy (non-hydrogen) atoms. The van der Waals surface area contributed by atoms with E-state index in [0.717, 1.165) is 37.9 Å². The number of hydrogen-bond acceptors (Lipinski definition) is 5. The maximum Gasteiger partial charge on any atom is 0.143 e. The molecule has 0 spiro atoms. The van der Waals surface area contributed by atoms with Crippen LogP contribution in [0.2, 0.25) is 0 Å². The molecule has 4 nitrogen and oxygen atoms in total. The molecule has 5 rings (SSSR count). The number of halogens is 1. The van der Waals surface area contributed by atoms with Crippen LogP contribution in [0.1, 0.15) is 0 Å². The van der Waals surface area contributed by atoms with E-state index in [9.17, 15) is 4.39 Å². The summed E-state index contributed by atoms with van der Waals surface area (Å²) in [4.78, 5) is 14.2. The first kappa shape index (κ1) is 15.8. The largest absolute Gasteiger partial charge is 0.338 e. The fourth-order valence-electron chi connectivity index (χ4n) is 3.14. The summed E-state index contributed by atoms with van der Waals surface area (Å²) in [5, 5.41) is 7.41. The summed E-state index contributed by atoms with van der Waals surface area (Å²) < 4.78 is 13.3. The lowest BCUT2D eigenvalue weighted by atomic mass is 10.1. The zero-order valence-corrected chi connectivity index (χ0v) is 14.9. The van der Waals surface area contributed by atoms with E-state index in [0.29, 0.717) is 5.82 Å². The lowest BCUT2D eigenvalue weighted by Gasteiger charge is -2.10. The third kappa shape index (κ3) is 2.80. The van der Waals surface area contributed by atoms with Crippen LogP contribution < -0.4 is 5.32 Å². The Kier molecular flexibility index (Phi) is 3.76. The summed E-state index contributed by atoms with van der Waals surface area (Å²) in [5.41, 5.74) is 3.66. The number of nitrogens with zero attached hydrogens (tertiary/aromatic N) is 3. The van der Waals surface area contributed by atoms with Gasteiger partial charge in [-0.05, 0) is 29.8 Å². The number of aromatic nitrogens is 3. The molecule has 0 aliphatic heterocycles. The Hall–Kier alpha value is -3.38. The second-order valence-electron chi connectivity index (χ2n) is 6.06. The summed E-state index contributed by atoms with van der Waals surface area (Å²) in [5.74, 6) is 0.452. The van der Waals surface area contributed by atoms with Gasteiger partial charge in [-0.25, -0.2) is 14.4 Å². The highest BCUT2D eigenvalue weighted by Crippen LogP contribution is 2.38. The van der Waals surface area contributed by atoms with E-state index in [4.69, 9.17) is 0 Å². The zero-order chi connectivity index (χ0) is 18.2. The molecule has 0 unspecified atom stereocenters. The first-order chi connectivity index (χ1) is 13.3. The van der Waals surface area contributed by atoms with Gasteiger partial charge in [-0.2, -0.15) is 0 Å². The maximum atomic E-state index is 13.3. The molecule has 0 aliphatic rings. The Balaban J connectivity index is 1.67. The van der Waals surface area contributed by atoms with Crippen molar-refractivity contribution in [2.75, 3.05) is 5.32 Å². The van der Waals surface area contributed by atoms with Crippen LogP contribution in [0.15, 0.2) is 72.5 Å². The summed E-state index contributed by atoms with van der Waals surface area (Å²) in [6.07, 6.45) is 3.33. The van der Waals surface area contributed by atoms with Gasteiger partial charge in [-0.15, -0.1) is 11.3 Å². The molecule has 5 aromatic rings. The van der Waals surface area contributed by atoms with Gasteiger partial charge >= 0.3 is 0 Å². The van der Waals surface area contributed by atoms with Gasteiger partial charge in [0.25, 0.3) is 0 Å². The smallest absolute Gasteiger partial charge is 0.143 e. The fourth-order valence-corrected chi connectivity index (χ4v) is 4.06. The Labute approximate surface area is 158 Å². The van der Waals surface area contributed by atoms with Crippen LogP contribution in [0.3, 0.4) is 0 Å². The SMILES string of the molecule is Fc1ccc(-c2csc3ncnc(Nc4cccc5cccnc45)c23)cc1. The van der Waals surface area contributed by atoms with Crippen LogP contribution in [-0.2, 0) is 0 Å². The van der Waals surface area contributed by atoms with Gasteiger partial charge in [-0.1, -0.05) is 30.3 Å². The molecule has 0 bridgehead atoms. The molecule has 0 amide bonds. The first-order valence-corrected chi connectivity index (χ1v) is 9.26. The number of benzene rings is 2. The topological polar surface area (TPSA) is 50.7 Å². The molecular formula is C21H13FN4S. The van der Waals surface area contributed by atoms with Gasteiger partial charge in [-0.3, -0.25) is 4.98 Å². The molecule has 2 aromatic carbocycles. The molecule has 1 N–H and O–H groups in total. The minimum atomic E-state index is -0.255. The lowest BCUT2D eigenvalue weighted by molar-refractivity contribution is 0.628. The van der Waals surface area contributed by atoms with E-state index < -0.39 is 0 Å². The lowest BCUT2D eigenvalue weighted by Crippen LogP contribution is -1.97. The van der Waals surface area contributed by atoms with Crippen molar-refractivity contribution in [3.63, 3.8) is 0 Å². The third-order valence-electron chi connectivity index (χ3n) is 4.41. The van der Waals surface area contributed by atoms with E-state index >= 15 is 0 Å². The summed E-state index contributed by atoms with van der Waals surface area (Å²) >= 11 is 1.54. The molecule has 130 valence electrons. The van der Waals surface area contributed by atoms with Crippen LogP contribution >= 0.6 is 11.3 Å². The molecular weight excluding hydrogens is 359 g/mol. The quantitative estimate of drug-likeness (QED) is 0.435. The van der Waals surface area contributed by atoms with Crippen molar-refractivity contribution in [3.8, 4) is 11.1 Å². The maximum absolute atomic E-state index is 13.3. The molecule has 0 saturated carbocycles. The van der Waals surface area contributed by atoms with Crippen LogP contribution in [0.4, 0.5) is 15.9 Å². The van der Waals surface area contributed by atoms with Gasteiger partial charge in [0.15, 0.2) is 0 Å². The highest BCUT2D eigenvalue weighted by Gasteiger charge is 2.14. The van der Waals surface area contributed by atoms with Gasteiger partial charge in [0.2, 0.25) is 0 Å². The monoisotopic (exact) mass is 372 g/mol. The third-order valence-corrected chi connectivity index (χ3v) is 5.30. The average molecular weight is 372 g/mol. The van der Waals surface area contributed by atoms with Crippen LogP contribution in [0, 0.1) is 5.82 Å². The number of nitrogens with one attached hydrogen (secondary N) is 1. The summed E-state index contributed by atoms with van der Waals surface area (Å²) in [6.45, 7) is 0. The van der Waals surface area contributed by atoms with Crippen molar-refractivity contribution in [2.24, 2.45) is 0 Å². The normalized spacial score (nSPS) is 11.1. The molecule has 0 atom stereocenters. The number of thiophene rings is 1. The second kappa shape index (κ2) is 6.41. The number of anilines is 2. The van der Waals surface area contributed by atoms with Crippen molar-refractivity contribution in [2.45, 2.75) is 0 Å². The van der Waals surface area contributed by atoms with Crippen molar-refractivity contribution in [1.29, 1.82) is 0 Å². The molecule has 3 aromatic heterocycles. The Bertz CT molecular complexity index is 1260. The minimum Gasteiger partial charge on any atom is -0.338 e. The second-order valence-corrected chi connectivity index (χ2v) is 6.92. The van der Waals surface area contributed by atoms with Gasteiger partial charge in [0.05, 0.1) is 16.6 Å². The number of hydrogen-bond donors (Lipinski definition) is 1. The highest BCUT2D eigenvalue weighted by molar-refractivity contribution is 7.17. The van der Waals surface area contributed by atoms with E-state index in [-0.39, 0.29) is 5.82 Å². The molecule has 0 saturated heterocycles. The Morgan fingerprint density at radius 1 is 0.889 bits per heavy atom. The number of rotatable bonds is 3. The van der Waals surface area contributed by atoms with Crippen molar-refractivity contribution in [3.05, 3.63) is 78.3 Å². The number of fused-ring (bicyclic) bond motifs is 2. The Morgan fingerprint density at radius 2 is 1.74 bits per heavy atom. The summed E-state index contributed by atoms with van der Waals surface area (Å²) in [6, 6.07) is 16.4. The van der Waals surface area contributed by atoms with Crippen molar-refractivity contribution < 1.29 is 4.39 Å². The molecule has 6 heteroatoms. The predicted octanol–water partition coefficient (Wildman–Crippen LogP) is 5.79. The zero-order valence-electron chi connectivity index (χ0n) is 14.1. The summed E-state index contributed by atoms with van der Waals surface area (Å²) in [7, 11) is 0. The standard InChI is InChI=1S/C21H13FN4S/c22-15-8-6-13(7-9-15)16-11-27-21-18(16)20(24-12-25-21)26-17-5-1-3-14-4-2-10-23-19(14)17/h1-12H,(H,24,25,26). The van der Waals surface area contributed by atoms with E-state index in [1.54, 1.807) is 36.0 Å². The molecule has 0 radical (unpaired) electrons. The predicted molar refractivity (Wildman–Crippen MR) is 108 cm³/mol. The number of para-hydroxylation sites is 1. The van der Waals surface area contributed by atoms with Crippen molar-refractivity contribution >= 4 is 44.0 Å². The minimum absolute atomic E-state index is 0.255. The van der Waals surface area contributed by atoms with E-state index in [1.165, 1.54) is 12.1 Å². The Morgan fingerprint density at radius 3 is 2.63 bits per heavy atom. The van der Waals surface area contributed by atoms with Crippen LogP contribution in [0.5, 0.6) is 0 Å². The molecule has 0 fully saturated rings. The van der Waals surface area contributed by atoms with E-state index in [2.05, 4.69) is 20.3 Å². The fraction of sp³-hybridized carbons (Fsp3) is 0. The van der Waals surface area contributed by atoms with Crippen LogP contribution in [0.25, 0.3) is 32.2 Å². The van der Waals surface area contributed by atoms with Crippen LogP contribution in [-0.4, -0.2) is 15.0 Å². The van der Waals surface area contributed by atoms with E-state index in [1.807, 2.05) is 35.7 Å². The average Bonchev–Trinajstić information content (AvgIpc) is 3.14. The van der Waals surface area contributed by atoms with Gasteiger partial charge < -0.3 is 5.32 Å². The molecule has 3 heterocycles.